The van der Waals surface area contributed by atoms with Crippen LogP contribution in [0.15, 0.2) is 54.6 Å². The average Bonchev–Trinajstić information content (AvgIpc) is 3.15. The number of carbonyl (C=O) groups is 1. The first-order chi connectivity index (χ1) is 12.8. The Hall–Kier alpha value is -2.17. The molecule has 2 atom stereocenters. The first kappa shape index (κ1) is 17.3. The van der Waals surface area contributed by atoms with Crippen LogP contribution in [0.5, 0.6) is 0 Å². The van der Waals surface area contributed by atoms with E-state index >= 15 is 0 Å². The second kappa shape index (κ2) is 8.02. The van der Waals surface area contributed by atoms with Crippen molar-refractivity contribution in [3.05, 3.63) is 60.2 Å². The Bertz CT molecular complexity index is 730. The third kappa shape index (κ3) is 4.14. The molecule has 26 heavy (non-hydrogen) atoms. The monoisotopic (exact) mass is 350 g/mol. The molecule has 4 rings (SSSR count). The predicted octanol–water partition coefficient (Wildman–Crippen LogP) is 2.88. The number of ether oxygens (including phenoxy) is 1. The third-order valence-electron chi connectivity index (χ3n) is 5.41. The Morgan fingerprint density at radius 2 is 1.85 bits per heavy atom. The van der Waals surface area contributed by atoms with E-state index in [1.54, 1.807) is 0 Å². The highest BCUT2D eigenvalue weighted by molar-refractivity contribution is 5.78. The van der Waals surface area contributed by atoms with Gasteiger partial charge in [0, 0.05) is 19.1 Å². The van der Waals surface area contributed by atoms with Crippen LogP contribution in [0.2, 0.25) is 0 Å². The fourth-order valence-electron chi connectivity index (χ4n) is 3.93. The number of rotatable bonds is 5. The number of morpholine rings is 1. The molecular formula is C22H26N2O2. The summed E-state index contributed by atoms with van der Waals surface area (Å²) in [5, 5.41) is 3.04. The molecule has 2 aliphatic rings. The minimum absolute atomic E-state index is 0.0598. The number of carbonyl (C=O) groups excluding carboxylic acids is 1. The van der Waals surface area contributed by atoms with Crippen LogP contribution in [-0.4, -0.2) is 49.2 Å². The number of hydrogen-bond acceptors (Lipinski definition) is 3. The van der Waals surface area contributed by atoms with Crippen molar-refractivity contribution in [3.63, 3.8) is 0 Å². The maximum Gasteiger partial charge on any atom is 0.224 e. The van der Waals surface area contributed by atoms with E-state index in [2.05, 4.69) is 34.5 Å². The van der Waals surface area contributed by atoms with E-state index in [0.717, 1.165) is 18.7 Å². The number of nitrogens with one attached hydrogen (secondary N) is 1. The Kier molecular flexibility index (Phi) is 5.32. The highest BCUT2D eigenvalue weighted by Gasteiger charge is 2.32. The molecule has 2 aromatic carbocycles. The smallest absolute Gasteiger partial charge is 0.224 e. The minimum atomic E-state index is 0.0598. The molecule has 0 bridgehead atoms. The second-order valence-electron chi connectivity index (χ2n) is 7.29. The van der Waals surface area contributed by atoms with E-state index in [0.29, 0.717) is 19.0 Å². The Morgan fingerprint density at radius 3 is 2.65 bits per heavy atom. The van der Waals surface area contributed by atoms with Crippen molar-refractivity contribution in [2.24, 2.45) is 0 Å². The maximum atomic E-state index is 12.3. The van der Waals surface area contributed by atoms with Gasteiger partial charge in [-0.2, -0.15) is 0 Å². The van der Waals surface area contributed by atoms with Crippen LogP contribution in [0.3, 0.4) is 0 Å². The molecule has 136 valence electrons. The summed E-state index contributed by atoms with van der Waals surface area (Å²) in [6.45, 7) is 3.52. The molecule has 2 aromatic rings. The van der Waals surface area contributed by atoms with E-state index in [9.17, 15) is 4.79 Å². The van der Waals surface area contributed by atoms with Gasteiger partial charge in [-0.1, -0.05) is 54.6 Å². The average molecular weight is 350 g/mol. The molecule has 0 unspecified atom stereocenters. The molecule has 2 aliphatic heterocycles. The normalized spacial score (nSPS) is 22.8. The van der Waals surface area contributed by atoms with Gasteiger partial charge in [-0.15, -0.1) is 0 Å². The Labute approximate surface area is 155 Å². The summed E-state index contributed by atoms with van der Waals surface area (Å²) >= 11 is 0. The van der Waals surface area contributed by atoms with Crippen LogP contribution >= 0.6 is 0 Å². The van der Waals surface area contributed by atoms with Gasteiger partial charge in [0.05, 0.1) is 19.1 Å². The number of hydrogen-bond donors (Lipinski definition) is 1. The Balaban J connectivity index is 1.26. The number of amides is 1. The first-order valence-electron chi connectivity index (χ1n) is 9.54. The quantitative estimate of drug-likeness (QED) is 0.902. The minimum Gasteiger partial charge on any atom is -0.373 e. The summed E-state index contributed by atoms with van der Waals surface area (Å²) < 4.78 is 5.90. The topological polar surface area (TPSA) is 41.6 Å². The molecule has 2 saturated heterocycles. The Morgan fingerprint density at radius 1 is 1.08 bits per heavy atom. The van der Waals surface area contributed by atoms with Crippen LogP contribution in [-0.2, 0) is 16.0 Å². The van der Waals surface area contributed by atoms with Crippen molar-refractivity contribution in [2.75, 3.05) is 26.2 Å². The van der Waals surface area contributed by atoms with Gasteiger partial charge in [-0.3, -0.25) is 9.69 Å². The van der Waals surface area contributed by atoms with Crippen molar-refractivity contribution >= 4 is 5.91 Å². The van der Waals surface area contributed by atoms with Gasteiger partial charge in [0.1, 0.15) is 0 Å². The molecule has 0 radical (unpaired) electrons. The zero-order valence-electron chi connectivity index (χ0n) is 15.1. The van der Waals surface area contributed by atoms with Gasteiger partial charge < -0.3 is 10.1 Å². The SMILES string of the molecule is O=C(Cc1ccc(-c2ccccc2)cc1)NC[C@H]1CN2CCC[C@@H]2CO1. The highest BCUT2D eigenvalue weighted by atomic mass is 16.5. The molecule has 0 aromatic heterocycles. The summed E-state index contributed by atoms with van der Waals surface area (Å²) in [5.74, 6) is 0.0598. The van der Waals surface area contributed by atoms with E-state index in [1.165, 1.54) is 30.5 Å². The van der Waals surface area contributed by atoms with Gasteiger partial charge in [-0.05, 0) is 36.1 Å². The summed E-state index contributed by atoms with van der Waals surface area (Å²) in [4.78, 5) is 14.8. The van der Waals surface area contributed by atoms with Gasteiger partial charge in [0.2, 0.25) is 5.91 Å². The zero-order chi connectivity index (χ0) is 17.8. The van der Waals surface area contributed by atoms with E-state index in [1.807, 2.05) is 30.3 Å². The second-order valence-corrected chi connectivity index (χ2v) is 7.29. The molecule has 0 saturated carbocycles. The molecule has 1 amide bonds. The van der Waals surface area contributed by atoms with Gasteiger partial charge in [0.25, 0.3) is 0 Å². The number of benzene rings is 2. The molecular weight excluding hydrogens is 324 g/mol. The lowest BCUT2D eigenvalue weighted by Gasteiger charge is -2.35. The fourth-order valence-corrected chi connectivity index (χ4v) is 3.93. The summed E-state index contributed by atoms with van der Waals surface area (Å²) in [6.07, 6.45) is 3.05. The summed E-state index contributed by atoms with van der Waals surface area (Å²) in [6, 6.07) is 19.1. The van der Waals surface area contributed by atoms with Crippen molar-refractivity contribution < 1.29 is 9.53 Å². The molecule has 1 N–H and O–H groups in total. The molecule has 4 heteroatoms. The van der Waals surface area contributed by atoms with Crippen LogP contribution in [0.1, 0.15) is 18.4 Å². The summed E-state index contributed by atoms with van der Waals surface area (Å²) in [7, 11) is 0. The fraction of sp³-hybridized carbons (Fsp3) is 0.409. The lowest BCUT2D eigenvalue weighted by Crippen LogP contribution is -2.50. The van der Waals surface area contributed by atoms with Crippen LogP contribution in [0, 0.1) is 0 Å². The molecule has 0 aliphatic carbocycles. The lowest BCUT2D eigenvalue weighted by atomic mass is 10.0. The van der Waals surface area contributed by atoms with Gasteiger partial charge >= 0.3 is 0 Å². The number of fused-ring (bicyclic) bond motifs is 1. The van der Waals surface area contributed by atoms with Gasteiger partial charge in [-0.25, -0.2) is 0 Å². The van der Waals surface area contributed by atoms with Crippen molar-refractivity contribution in [3.8, 4) is 11.1 Å². The zero-order valence-corrected chi connectivity index (χ0v) is 15.1. The molecule has 4 nitrogen and oxygen atoms in total. The van der Waals surface area contributed by atoms with Crippen molar-refractivity contribution in [1.29, 1.82) is 0 Å². The van der Waals surface area contributed by atoms with Crippen molar-refractivity contribution in [2.45, 2.75) is 31.4 Å². The molecule has 0 spiro atoms. The first-order valence-corrected chi connectivity index (χ1v) is 9.54. The molecule has 2 fully saturated rings. The number of nitrogens with zero attached hydrogens (tertiary/aromatic N) is 1. The lowest BCUT2D eigenvalue weighted by molar-refractivity contribution is -0.121. The predicted molar refractivity (Wildman–Crippen MR) is 103 cm³/mol. The largest absolute Gasteiger partial charge is 0.373 e. The van der Waals surface area contributed by atoms with E-state index in [4.69, 9.17) is 4.74 Å². The third-order valence-corrected chi connectivity index (χ3v) is 5.41. The van der Waals surface area contributed by atoms with Crippen LogP contribution < -0.4 is 5.32 Å². The van der Waals surface area contributed by atoms with Crippen molar-refractivity contribution in [1.82, 2.24) is 10.2 Å². The van der Waals surface area contributed by atoms with Gasteiger partial charge in [0.15, 0.2) is 0 Å². The van der Waals surface area contributed by atoms with E-state index in [-0.39, 0.29) is 12.0 Å². The highest BCUT2D eigenvalue weighted by Crippen LogP contribution is 2.22. The standard InChI is InChI=1S/C22H26N2O2/c25-22(23-14-21-15-24-12-4-7-20(24)16-26-21)13-17-8-10-19(11-9-17)18-5-2-1-3-6-18/h1-3,5-6,8-11,20-21H,4,7,12-16H2,(H,23,25)/t20-,21+/m1/s1. The van der Waals surface area contributed by atoms with Crippen LogP contribution in [0.25, 0.3) is 11.1 Å². The summed E-state index contributed by atoms with van der Waals surface area (Å²) in [5.41, 5.74) is 3.40. The van der Waals surface area contributed by atoms with Crippen LogP contribution in [0.4, 0.5) is 0 Å². The maximum absolute atomic E-state index is 12.3. The molecule has 2 heterocycles. The van der Waals surface area contributed by atoms with E-state index < -0.39 is 0 Å².